The second-order valence-electron chi connectivity index (χ2n) is 7.32. The summed E-state index contributed by atoms with van der Waals surface area (Å²) in [5.74, 6) is 1.76. The van der Waals surface area contributed by atoms with E-state index in [0.717, 1.165) is 49.9 Å². The van der Waals surface area contributed by atoms with Crippen molar-refractivity contribution >= 4 is 35.6 Å². The van der Waals surface area contributed by atoms with Crippen LogP contribution in [0.4, 0.5) is 5.69 Å². The van der Waals surface area contributed by atoms with Crippen LogP contribution in [0.5, 0.6) is 0 Å². The Morgan fingerprint density at radius 3 is 2.64 bits per heavy atom. The van der Waals surface area contributed by atoms with E-state index in [1.54, 1.807) is 0 Å². The maximum atomic E-state index is 5.23. The first-order valence-corrected chi connectivity index (χ1v) is 9.77. The lowest BCUT2D eigenvalue weighted by Crippen LogP contribution is -2.51. The highest BCUT2D eigenvalue weighted by atomic mass is 127. The summed E-state index contributed by atoms with van der Waals surface area (Å²) in [7, 11) is 1.83. The first kappa shape index (κ1) is 22.5. The average Bonchev–Trinajstić information content (AvgIpc) is 3.00. The summed E-state index contributed by atoms with van der Waals surface area (Å²) in [5, 5.41) is 11.0. The number of piperidine rings is 1. The van der Waals surface area contributed by atoms with Crippen molar-refractivity contribution in [1.82, 2.24) is 15.8 Å². The predicted octanol–water partition coefficient (Wildman–Crippen LogP) is 3.59. The number of halogens is 1. The number of aromatic nitrogens is 1. The van der Waals surface area contributed by atoms with E-state index in [9.17, 15) is 0 Å². The highest BCUT2D eigenvalue weighted by Gasteiger charge is 2.21. The minimum absolute atomic E-state index is 0. The molecule has 2 heterocycles. The van der Waals surface area contributed by atoms with Crippen LogP contribution in [0.2, 0.25) is 0 Å². The number of hydrogen-bond acceptors (Lipinski definition) is 4. The van der Waals surface area contributed by atoms with Gasteiger partial charge in [-0.05, 0) is 52.2 Å². The maximum Gasteiger partial charge on any atom is 0.191 e. The molecular weight excluding hydrogens is 465 g/mol. The van der Waals surface area contributed by atoms with E-state index in [-0.39, 0.29) is 24.0 Å². The number of hydrogen-bond donors (Lipinski definition) is 2. The van der Waals surface area contributed by atoms with E-state index in [1.807, 2.05) is 20.9 Å². The fraction of sp³-hybridized carbons (Fsp3) is 0.524. The molecule has 0 amide bonds. The molecule has 0 aliphatic carbocycles. The molecule has 1 aromatic carbocycles. The van der Waals surface area contributed by atoms with Gasteiger partial charge in [0.25, 0.3) is 0 Å². The van der Waals surface area contributed by atoms with Gasteiger partial charge in [-0.25, -0.2) is 0 Å². The van der Waals surface area contributed by atoms with Crippen LogP contribution in [0.25, 0.3) is 0 Å². The second-order valence-corrected chi connectivity index (χ2v) is 7.32. The lowest BCUT2D eigenvalue weighted by Gasteiger charge is -2.35. The summed E-state index contributed by atoms with van der Waals surface area (Å²) in [4.78, 5) is 6.85. The molecule has 1 fully saturated rings. The standard InChI is InChI=1S/C21H31N5O.HI/c1-15-7-9-19(10-8-15)26-13-5-6-18(14-26)24-21(22-4)23-12-11-20-16(2)25-27-17(20)3;/h7-10,18H,5-6,11-14H2,1-4H3,(H2,22,23,24);1H. The van der Waals surface area contributed by atoms with Crippen molar-refractivity contribution in [2.24, 2.45) is 4.99 Å². The zero-order valence-corrected chi connectivity index (χ0v) is 19.6. The second kappa shape index (κ2) is 10.7. The van der Waals surface area contributed by atoms with Crippen molar-refractivity contribution < 1.29 is 4.52 Å². The SMILES string of the molecule is CN=C(NCCc1c(C)noc1C)NC1CCCN(c2ccc(C)cc2)C1.I. The van der Waals surface area contributed by atoms with Crippen molar-refractivity contribution in [2.45, 2.75) is 46.1 Å². The highest BCUT2D eigenvalue weighted by Crippen LogP contribution is 2.20. The molecule has 6 nitrogen and oxygen atoms in total. The molecule has 154 valence electrons. The number of aliphatic imine (C=N–C) groups is 1. The molecule has 7 heteroatoms. The van der Waals surface area contributed by atoms with Crippen molar-refractivity contribution in [3.05, 3.63) is 46.8 Å². The smallest absolute Gasteiger partial charge is 0.191 e. The molecule has 0 spiro atoms. The third-order valence-corrected chi connectivity index (χ3v) is 5.23. The molecule has 1 saturated heterocycles. The third kappa shape index (κ3) is 5.86. The molecule has 1 unspecified atom stereocenters. The van der Waals surface area contributed by atoms with E-state index in [4.69, 9.17) is 4.52 Å². The van der Waals surface area contributed by atoms with Crippen LogP contribution in [0, 0.1) is 20.8 Å². The number of aryl methyl sites for hydroxylation is 3. The van der Waals surface area contributed by atoms with Crippen LogP contribution in [0.3, 0.4) is 0 Å². The molecule has 1 aliphatic rings. The zero-order chi connectivity index (χ0) is 19.2. The van der Waals surface area contributed by atoms with Gasteiger partial charge in [-0.2, -0.15) is 0 Å². The molecule has 1 aromatic heterocycles. The van der Waals surface area contributed by atoms with Crippen LogP contribution in [0.15, 0.2) is 33.8 Å². The average molecular weight is 497 g/mol. The normalized spacial score (nSPS) is 17.2. The number of rotatable bonds is 5. The topological polar surface area (TPSA) is 65.7 Å². The first-order chi connectivity index (χ1) is 13.1. The van der Waals surface area contributed by atoms with Gasteiger partial charge in [0.1, 0.15) is 5.76 Å². The molecule has 0 radical (unpaired) electrons. The van der Waals surface area contributed by atoms with Crippen LogP contribution >= 0.6 is 24.0 Å². The molecule has 2 N–H and O–H groups in total. The van der Waals surface area contributed by atoms with Crippen LogP contribution in [-0.4, -0.2) is 43.8 Å². The van der Waals surface area contributed by atoms with E-state index in [2.05, 4.69) is 56.9 Å². The summed E-state index contributed by atoms with van der Waals surface area (Å²) in [5.41, 5.74) is 4.75. The molecule has 28 heavy (non-hydrogen) atoms. The number of anilines is 1. The van der Waals surface area contributed by atoms with E-state index < -0.39 is 0 Å². The minimum atomic E-state index is 0. The minimum Gasteiger partial charge on any atom is -0.369 e. The Kier molecular flexibility index (Phi) is 8.59. The number of benzene rings is 1. The monoisotopic (exact) mass is 497 g/mol. The van der Waals surface area contributed by atoms with Crippen molar-refractivity contribution in [3.8, 4) is 0 Å². The largest absolute Gasteiger partial charge is 0.369 e. The Bertz CT molecular complexity index is 752. The van der Waals surface area contributed by atoms with Crippen molar-refractivity contribution in [2.75, 3.05) is 31.6 Å². The number of nitrogens with zero attached hydrogens (tertiary/aromatic N) is 3. The number of guanidine groups is 1. The fourth-order valence-corrected chi connectivity index (χ4v) is 3.64. The zero-order valence-electron chi connectivity index (χ0n) is 17.3. The quantitative estimate of drug-likeness (QED) is 0.376. The predicted molar refractivity (Wildman–Crippen MR) is 126 cm³/mol. The van der Waals surface area contributed by atoms with Crippen LogP contribution < -0.4 is 15.5 Å². The van der Waals surface area contributed by atoms with Gasteiger partial charge in [0.2, 0.25) is 0 Å². The first-order valence-electron chi connectivity index (χ1n) is 9.77. The molecule has 0 saturated carbocycles. The van der Waals surface area contributed by atoms with Gasteiger partial charge >= 0.3 is 0 Å². The molecule has 1 atom stereocenters. The van der Waals surface area contributed by atoms with Crippen LogP contribution in [-0.2, 0) is 6.42 Å². The summed E-state index contributed by atoms with van der Waals surface area (Å²) in [6, 6.07) is 9.19. The summed E-state index contributed by atoms with van der Waals surface area (Å²) in [6.07, 6.45) is 3.22. The van der Waals surface area contributed by atoms with E-state index >= 15 is 0 Å². The number of nitrogens with one attached hydrogen (secondary N) is 2. The van der Waals surface area contributed by atoms with Crippen LogP contribution in [0.1, 0.15) is 35.4 Å². The van der Waals surface area contributed by atoms with Gasteiger partial charge in [0.05, 0.1) is 5.69 Å². The summed E-state index contributed by atoms with van der Waals surface area (Å²) in [6.45, 7) is 8.98. The molecule has 1 aliphatic heterocycles. The summed E-state index contributed by atoms with van der Waals surface area (Å²) < 4.78 is 5.23. The van der Waals surface area contributed by atoms with Gasteiger partial charge < -0.3 is 20.1 Å². The van der Waals surface area contributed by atoms with Gasteiger partial charge in [-0.1, -0.05) is 22.9 Å². The highest BCUT2D eigenvalue weighted by molar-refractivity contribution is 14.0. The Morgan fingerprint density at radius 1 is 1.25 bits per heavy atom. The third-order valence-electron chi connectivity index (χ3n) is 5.23. The van der Waals surface area contributed by atoms with Crippen molar-refractivity contribution in [1.29, 1.82) is 0 Å². The Morgan fingerprint density at radius 2 is 2.00 bits per heavy atom. The van der Waals surface area contributed by atoms with Crippen molar-refractivity contribution in [3.63, 3.8) is 0 Å². The van der Waals surface area contributed by atoms with Gasteiger partial charge in [0, 0.05) is 44.0 Å². The Hall–Kier alpha value is -1.77. The summed E-state index contributed by atoms with van der Waals surface area (Å²) >= 11 is 0. The lowest BCUT2D eigenvalue weighted by atomic mass is 10.0. The molecule has 3 rings (SSSR count). The molecule has 0 bridgehead atoms. The van der Waals surface area contributed by atoms with Gasteiger partial charge in [0.15, 0.2) is 5.96 Å². The van der Waals surface area contributed by atoms with Gasteiger partial charge in [-0.3, -0.25) is 4.99 Å². The lowest BCUT2D eigenvalue weighted by molar-refractivity contribution is 0.392. The molecular formula is C21H32IN5O. The molecule has 2 aromatic rings. The van der Waals surface area contributed by atoms with Gasteiger partial charge in [-0.15, -0.1) is 24.0 Å². The Labute approximate surface area is 185 Å². The van der Waals surface area contributed by atoms with E-state index in [0.29, 0.717) is 6.04 Å². The Balaban J connectivity index is 0.00000280. The van der Waals surface area contributed by atoms with E-state index in [1.165, 1.54) is 23.2 Å². The fourth-order valence-electron chi connectivity index (χ4n) is 3.64. The maximum absolute atomic E-state index is 5.23.